The number of rotatable bonds is 8. The second-order valence-corrected chi connectivity index (χ2v) is 6.83. The highest BCUT2D eigenvalue weighted by Crippen LogP contribution is 2.17. The first kappa shape index (κ1) is 19.6. The number of nitrogens with one attached hydrogen (secondary N) is 1. The maximum absolute atomic E-state index is 12.3. The fourth-order valence-electron chi connectivity index (χ4n) is 2.46. The molecule has 0 spiro atoms. The molecule has 0 aliphatic carbocycles. The van der Waals surface area contributed by atoms with E-state index >= 15 is 0 Å². The van der Waals surface area contributed by atoms with Gasteiger partial charge in [0.15, 0.2) is 0 Å². The minimum absolute atomic E-state index is 0.0789. The standard InChI is InChI=1S/C19H17BrN4O4/c20-16-4-6-18(7-5-16)28-13-14-2-1-3-15(10-14)19(25)21-8-9-23-12-17(11-22-23)24(26)27/h1-7,10-12H,8-9,13H2,(H,21,25). The van der Waals surface area contributed by atoms with Crippen LogP contribution in [-0.2, 0) is 13.2 Å². The number of nitro groups is 1. The molecule has 0 unspecified atom stereocenters. The highest BCUT2D eigenvalue weighted by Gasteiger charge is 2.10. The van der Waals surface area contributed by atoms with Crippen LogP contribution in [0.15, 0.2) is 65.4 Å². The van der Waals surface area contributed by atoms with Crippen LogP contribution in [0.3, 0.4) is 0 Å². The molecule has 1 amide bonds. The Kier molecular flexibility index (Phi) is 6.38. The van der Waals surface area contributed by atoms with Gasteiger partial charge in [0.05, 0.1) is 11.5 Å². The van der Waals surface area contributed by atoms with E-state index in [2.05, 4.69) is 26.3 Å². The summed E-state index contributed by atoms with van der Waals surface area (Å²) in [7, 11) is 0. The molecule has 2 aromatic carbocycles. The molecule has 0 saturated carbocycles. The average Bonchev–Trinajstić information content (AvgIpc) is 3.17. The first-order chi connectivity index (χ1) is 13.5. The summed E-state index contributed by atoms with van der Waals surface area (Å²) in [6.45, 7) is 0.989. The molecule has 0 aliphatic heterocycles. The second-order valence-electron chi connectivity index (χ2n) is 5.92. The Morgan fingerprint density at radius 2 is 2.04 bits per heavy atom. The molecule has 0 saturated heterocycles. The van der Waals surface area contributed by atoms with E-state index in [-0.39, 0.29) is 11.6 Å². The molecule has 0 bridgehead atoms. The normalized spacial score (nSPS) is 10.5. The van der Waals surface area contributed by atoms with Gasteiger partial charge in [0.2, 0.25) is 0 Å². The van der Waals surface area contributed by atoms with Gasteiger partial charge in [-0.15, -0.1) is 0 Å². The van der Waals surface area contributed by atoms with Crippen LogP contribution in [0.25, 0.3) is 0 Å². The van der Waals surface area contributed by atoms with Crippen LogP contribution in [0.2, 0.25) is 0 Å². The number of hydrogen-bond donors (Lipinski definition) is 1. The Bertz CT molecular complexity index is 972. The Morgan fingerprint density at radius 3 is 2.75 bits per heavy atom. The van der Waals surface area contributed by atoms with Gasteiger partial charge in [-0.25, -0.2) is 0 Å². The van der Waals surface area contributed by atoms with Gasteiger partial charge in [-0.05, 0) is 42.0 Å². The van der Waals surface area contributed by atoms with Crippen LogP contribution >= 0.6 is 15.9 Å². The predicted octanol–water partition coefficient (Wildman–Crippen LogP) is 3.56. The lowest BCUT2D eigenvalue weighted by atomic mass is 10.1. The predicted molar refractivity (Wildman–Crippen MR) is 106 cm³/mol. The van der Waals surface area contributed by atoms with Crippen molar-refractivity contribution in [3.8, 4) is 5.75 Å². The summed E-state index contributed by atoms with van der Waals surface area (Å²) in [5, 5.41) is 17.3. The van der Waals surface area contributed by atoms with Crippen molar-refractivity contribution in [1.82, 2.24) is 15.1 Å². The van der Waals surface area contributed by atoms with Gasteiger partial charge < -0.3 is 10.1 Å². The SMILES string of the molecule is O=C(NCCn1cc([N+](=O)[O-])cn1)c1cccc(COc2ccc(Br)cc2)c1. The Labute approximate surface area is 169 Å². The van der Waals surface area contributed by atoms with E-state index in [0.717, 1.165) is 15.8 Å². The second kappa shape index (κ2) is 9.14. The third-order valence-electron chi connectivity index (χ3n) is 3.87. The zero-order valence-corrected chi connectivity index (χ0v) is 16.3. The van der Waals surface area contributed by atoms with Crippen LogP contribution in [0.1, 0.15) is 15.9 Å². The monoisotopic (exact) mass is 444 g/mol. The van der Waals surface area contributed by atoms with E-state index in [4.69, 9.17) is 4.74 Å². The quantitative estimate of drug-likeness (QED) is 0.422. The van der Waals surface area contributed by atoms with Gasteiger partial charge in [0.25, 0.3) is 5.91 Å². The lowest BCUT2D eigenvalue weighted by molar-refractivity contribution is -0.385. The first-order valence-electron chi connectivity index (χ1n) is 8.43. The number of benzene rings is 2. The van der Waals surface area contributed by atoms with Gasteiger partial charge in [0, 0.05) is 16.6 Å². The average molecular weight is 445 g/mol. The highest BCUT2D eigenvalue weighted by molar-refractivity contribution is 9.10. The molecule has 0 radical (unpaired) electrons. The van der Waals surface area contributed by atoms with Crippen molar-refractivity contribution in [2.24, 2.45) is 0 Å². The Hall–Kier alpha value is -3.20. The number of amides is 1. The summed E-state index contributed by atoms with van der Waals surface area (Å²) >= 11 is 3.37. The summed E-state index contributed by atoms with van der Waals surface area (Å²) in [5.41, 5.74) is 1.31. The molecular formula is C19H17BrN4O4. The zero-order chi connectivity index (χ0) is 19.9. The molecule has 9 heteroatoms. The van der Waals surface area contributed by atoms with Gasteiger partial charge in [-0.1, -0.05) is 28.1 Å². The molecule has 144 valence electrons. The van der Waals surface area contributed by atoms with Gasteiger partial charge in [-0.3, -0.25) is 19.6 Å². The lowest BCUT2D eigenvalue weighted by Crippen LogP contribution is -2.27. The van der Waals surface area contributed by atoms with E-state index in [0.29, 0.717) is 25.3 Å². The van der Waals surface area contributed by atoms with Crippen LogP contribution in [0, 0.1) is 10.1 Å². The molecule has 1 heterocycles. The largest absolute Gasteiger partial charge is 0.489 e. The maximum atomic E-state index is 12.3. The molecular weight excluding hydrogens is 428 g/mol. The third kappa shape index (κ3) is 5.40. The van der Waals surface area contributed by atoms with E-state index in [1.54, 1.807) is 18.2 Å². The summed E-state index contributed by atoms with van der Waals surface area (Å²) in [6, 6.07) is 14.7. The Morgan fingerprint density at radius 1 is 1.25 bits per heavy atom. The number of hydrogen-bond acceptors (Lipinski definition) is 5. The van der Waals surface area contributed by atoms with Crippen LogP contribution in [0.5, 0.6) is 5.75 Å². The number of halogens is 1. The van der Waals surface area contributed by atoms with Crippen molar-refractivity contribution < 1.29 is 14.5 Å². The maximum Gasteiger partial charge on any atom is 0.306 e. The van der Waals surface area contributed by atoms with E-state index in [1.165, 1.54) is 17.1 Å². The number of carbonyl (C=O) groups is 1. The molecule has 0 atom stereocenters. The van der Waals surface area contributed by atoms with Crippen molar-refractivity contribution in [3.05, 3.63) is 86.6 Å². The topological polar surface area (TPSA) is 99.3 Å². The van der Waals surface area contributed by atoms with Gasteiger partial charge in [0.1, 0.15) is 24.8 Å². The minimum atomic E-state index is -0.510. The van der Waals surface area contributed by atoms with Crippen LogP contribution in [-0.4, -0.2) is 27.2 Å². The molecule has 0 fully saturated rings. The smallest absolute Gasteiger partial charge is 0.306 e. The van der Waals surface area contributed by atoms with Crippen LogP contribution < -0.4 is 10.1 Å². The summed E-state index contributed by atoms with van der Waals surface area (Å²) in [6.07, 6.45) is 2.50. The van der Waals surface area contributed by atoms with Crippen molar-refractivity contribution in [2.45, 2.75) is 13.2 Å². The van der Waals surface area contributed by atoms with E-state index in [9.17, 15) is 14.9 Å². The Balaban J connectivity index is 1.51. The minimum Gasteiger partial charge on any atom is -0.489 e. The summed E-state index contributed by atoms with van der Waals surface area (Å²) in [5.74, 6) is 0.513. The van der Waals surface area contributed by atoms with Crippen molar-refractivity contribution in [1.29, 1.82) is 0 Å². The molecule has 1 aromatic heterocycles. The van der Waals surface area contributed by atoms with E-state index < -0.39 is 4.92 Å². The van der Waals surface area contributed by atoms with Crippen molar-refractivity contribution in [3.63, 3.8) is 0 Å². The number of ether oxygens (including phenoxy) is 1. The zero-order valence-electron chi connectivity index (χ0n) is 14.7. The molecule has 0 aliphatic rings. The lowest BCUT2D eigenvalue weighted by Gasteiger charge is -2.09. The van der Waals surface area contributed by atoms with Gasteiger partial charge >= 0.3 is 5.69 Å². The highest BCUT2D eigenvalue weighted by atomic mass is 79.9. The van der Waals surface area contributed by atoms with E-state index in [1.807, 2.05) is 30.3 Å². The summed E-state index contributed by atoms with van der Waals surface area (Å²) in [4.78, 5) is 22.4. The fraction of sp³-hybridized carbons (Fsp3) is 0.158. The van der Waals surface area contributed by atoms with Crippen molar-refractivity contribution >= 4 is 27.5 Å². The fourth-order valence-corrected chi connectivity index (χ4v) is 2.72. The molecule has 3 rings (SSSR count). The van der Waals surface area contributed by atoms with Crippen molar-refractivity contribution in [2.75, 3.05) is 6.54 Å². The number of aromatic nitrogens is 2. The molecule has 8 nitrogen and oxygen atoms in total. The first-order valence-corrected chi connectivity index (χ1v) is 9.23. The molecule has 1 N–H and O–H groups in total. The number of nitrogens with zero attached hydrogens (tertiary/aromatic N) is 3. The number of carbonyl (C=O) groups excluding carboxylic acids is 1. The third-order valence-corrected chi connectivity index (χ3v) is 4.39. The molecule has 28 heavy (non-hydrogen) atoms. The van der Waals surface area contributed by atoms with Crippen LogP contribution in [0.4, 0.5) is 5.69 Å². The summed E-state index contributed by atoms with van der Waals surface area (Å²) < 4.78 is 8.12. The molecule has 3 aromatic rings. The van der Waals surface area contributed by atoms with Gasteiger partial charge in [-0.2, -0.15) is 5.10 Å².